The van der Waals surface area contributed by atoms with Crippen LogP contribution in [0.5, 0.6) is 5.88 Å². The zero-order valence-corrected chi connectivity index (χ0v) is 10.6. The first-order chi connectivity index (χ1) is 8.91. The zero-order valence-electron chi connectivity index (χ0n) is 9.83. The quantitative estimate of drug-likeness (QED) is 0.815. The predicted octanol–water partition coefficient (Wildman–Crippen LogP) is 4.43. The molecule has 0 N–H and O–H groups in total. The molecule has 0 aliphatic heterocycles. The Labute approximate surface area is 112 Å². The minimum atomic E-state index is -4.34. The largest absolute Gasteiger partial charge is 0.480 e. The second-order valence-electron chi connectivity index (χ2n) is 3.79. The molecule has 19 heavy (non-hydrogen) atoms. The summed E-state index contributed by atoms with van der Waals surface area (Å²) in [6.45, 7) is 0. The second kappa shape index (κ2) is 5.09. The minimum absolute atomic E-state index is 0.275. The van der Waals surface area contributed by atoms with Crippen molar-refractivity contribution in [2.75, 3.05) is 7.11 Å². The number of alkyl halides is 3. The van der Waals surface area contributed by atoms with Crippen molar-refractivity contribution in [2.24, 2.45) is 0 Å². The zero-order chi connectivity index (χ0) is 14.0. The average molecular weight is 288 g/mol. The molecule has 0 unspecified atom stereocenters. The third kappa shape index (κ3) is 2.98. The molecule has 0 atom stereocenters. The van der Waals surface area contributed by atoms with Crippen molar-refractivity contribution in [3.8, 4) is 17.0 Å². The average Bonchev–Trinajstić information content (AvgIpc) is 2.38. The van der Waals surface area contributed by atoms with E-state index in [0.29, 0.717) is 16.1 Å². The van der Waals surface area contributed by atoms with Crippen molar-refractivity contribution >= 4 is 11.6 Å². The fourth-order valence-corrected chi connectivity index (χ4v) is 1.83. The van der Waals surface area contributed by atoms with Crippen molar-refractivity contribution in [2.45, 2.75) is 6.18 Å². The predicted molar refractivity (Wildman–Crippen MR) is 66.2 cm³/mol. The highest BCUT2D eigenvalue weighted by molar-refractivity contribution is 6.32. The summed E-state index contributed by atoms with van der Waals surface area (Å²) in [5, 5.41) is 0.305. The Hall–Kier alpha value is -1.75. The molecule has 2 aromatic rings. The number of benzene rings is 1. The lowest BCUT2D eigenvalue weighted by Gasteiger charge is -2.08. The van der Waals surface area contributed by atoms with Crippen molar-refractivity contribution in [3.05, 3.63) is 47.1 Å². The van der Waals surface area contributed by atoms with Crippen LogP contribution < -0.4 is 4.74 Å². The fraction of sp³-hybridized carbons (Fsp3) is 0.154. The summed E-state index contributed by atoms with van der Waals surface area (Å²) < 4.78 is 42.2. The second-order valence-corrected chi connectivity index (χ2v) is 4.20. The molecule has 0 saturated heterocycles. The van der Waals surface area contributed by atoms with Crippen LogP contribution >= 0.6 is 11.6 Å². The third-order valence-corrected chi connectivity index (χ3v) is 2.82. The van der Waals surface area contributed by atoms with E-state index in [9.17, 15) is 13.2 Å². The SMILES string of the molecule is COc1ncc(-c2ccc(C(F)(F)F)cc2)cc1Cl. The molecule has 0 radical (unpaired) electrons. The van der Waals surface area contributed by atoms with E-state index in [1.165, 1.54) is 25.4 Å². The molecular formula is C13H9ClF3NO. The molecule has 1 aromatic carbocycles. The molecule has 1 heterocycles. The molecule has 1 aromatic heterocycles. The molecule has 2 nitrogen and oxygen atoms in total. The summed E-state index contributed by atoms with van der Waals surface area (Å²) in [5.74, 6) is 0.275. The lowest BCUT2D eigenvalue weighted by molar-refractivity contribution is -0.137. The molecule has 0 amide bonds. The van der Waals surface area contributed by atoms with E-state index in [-0.39, 0.29) is 5.88 Å². The number of ether oxygens (including phenoxy) is 1. The van der Waals surface area contributed by atoms with Crippen LogP contribution in [0.25, 0.3) is 11.1 Å². The van der Waals surface area contributed by atoms with Gasteiger partial charge in [0.05, 0.1) is 12.7 Å². The number of nitrogens with zero attached hydrogens (tertiary/aromatic N) is 1. The highest BCUT2D eigenvalue weighted by Gasteiger charge is 2.29. The van der Waals surface area contributed by atoms with E-state index in [1.54, 1.807) is 6.07 Å². The Kier molecular flexibility index (Phi) is 3.66. The number of hydrogen-bond donors (Lipinski definition) is 0. The van der Waals surface area contributed by atoms with Crippen LogP contribution in [-0.4, -0.2) is 12.1 Å². The van der Waals surface area contributed by atoms with Gasteiger partial charge in [0, 0.05) is 11.8 Å². The van der Waals surface area contributed by atoms with E-state index in [2.05, 4.69) is 4.98 Å². The molecule has 0 aliphatic rings. The number of pyridine rings is 1. The van der Waals surface area contributed by atoms with Gasteiger partial charge in [-0.15, -0.1) is 0 Å². The summed E-state index contributed by atoms with van der Waals surface area (Å²) in [5.41, 5.74) is 0.536. The standard InChI is InChI=1S/C13H9ClF3NO/c1-19-12-11(14)6-9(7-18-12)8-2-4-10(5-3-8)13(15,16)17/h2-7H,1H3. The van der Waals surface area contributed by atoms with Crippen LogP contribution in [0.4, 0.5) is 13.2 Å². The van der Waals surface area contributed by atoms with E-state index in [0.717, 1.165) is 12.1 Å². The Morgan fingerprint density at radius 2 is 1.74 bits per heavy atom. The van der Waals surface area contributed by atoms with Gasteiger partial charge < -0.3 is 4.74 Å². The van der Waals surface area contributed by atoms with Crippen molar-refractivity contribution in [1.29, 1.82) is 0 Å². The van der Waals surface area contributed by atoms with Crippen LogP contribution in [-0.2, 0) is 6.18 Å². The van der Waals surface area contributed by atoms with Gasteiger partial charge in [-0.1, -0.05) is 23.7 Å². The lowest BCUT2D eigenvalue weighted by atomic mass is 10.1. The smallest absolute Gasteiger partial charge is 0.416 e. The van der Waals surface area contributed by atoms with Gasteiger partial charge >= 0.3 is 6.18 Å². The molecular weight excluding hydrogens is 279 g/mol. The van der Waals surface area contributed by atoms with Gasteiger partial charge in [0.2, 0.25) is 5.88 Å². The lowest BCUT2D eigenvalue weighted by Crippen LogP contribution is -2.04. The first kappa shape index (κ1) is 13.7. The highest BCUT2D eigenvalue weighted by atomic mass is 35.5. The molecule has 0 aliphatic carbocycles. The van der Waals surface area contributed by atoms with E-state index < -0.39 is 11.7 Å². The molecule has 6 heteroatoms. The number of halogens is 4. The summed E-state index contributed by atoms with van der Waals surface area (Å²) in [4.78, 5) is 3.97. The van der Waals surface area contributed by atoms with Crippen molar-refractivity contribution in [1.82, 2.24) is 4.98 Å². The van der Waals surface area contributed by atoms with Crippen molar-refractivity contribution < 1.29 is 17.9 Å². The van der Waals surface area contributed by atoms with Crippen LogP contribution in [0.1, 0.15) is 5.56 Å². The Balaban J connectivity index is 2.35. The summed E-state index contributed by atoms with van der Waals surface area (Å²) in [7, 11) is 1.44. The Bertz CT molecular complexity index is 581. The summed E-state index contributed by atoms with van der Waals surface area (Å²) >= 11 is 5.92. The van der Waals surface area contributed by atoms with Gasteiger partial charge in [0.15, 0.2) is 0 Å². The monoisotopic (exact) mass is 287 g/mol. The summed E-state index contributed by atoms with van der Waals surface area (Å²) in [6, 6.07) is 6.39. The Morgan fingerprint density at radius 1 is 1.11 bits per heavy atom. The fourth-order valence-electron chi connectivity index (χ4n) is 1.59. The normalized spacial score (nSPS) is 11.4. The van der Waals surface area contributed by atoms with E-state index >= 15 is 0 Å². The van der Waals surface area contributed by atoms with E-state index in [4.69, 9.17) is 16.3 Å². The van der Waals surface area contributed by atoms with Crippen molar-refractivity contribution in [3.63, 3.8) is 0 Å². The molecule has 0 bridgehead atoms. The van der Waals surface area contributed by atoms with E-state index in [1.807, 2.05) is 0 Å². The van der Waals surface area contributed by atoms with Gasteiger partial charge in [0.25, 0.3) is 0 Å². The molecule has 100 valence electrons. The third-order valence-electron chi connectivity index (χ3n) is 2.55. The molecule has 0 spiro atoms. The van der Waals surface area contributed by atoms with Gasteiger partial charge in [-0.3, -0.25) is 0 Å². The number of aromatic nitrogens is 1. The van der Waals surface area contributed by atoms with Crippen LogP contribution in [0, 0.1) is 0 Å². The molecule has 2 rings (SSSR count). The topological polar surface area (TPSA) is 22.1 Å². The van der Waals surface area contributed by atoms with Gasteiger partial charge in [0.1, 0.15) is 5.02 Å². The van der Waals surface area contributed by atoms with Crippen LogP contribution in [0.3, 0.4) is 0 Å². The maximum absolute atomic E-state index is 12.4. The number of hydrogen-bond acceptors (Lipinski definition) is 2. The Morgan fingerprint density at radius 3 is 2.21 bits per heavy atom. The number of methoxy groups -OCH3 is 1. The van der Waals surface area contributed by atoms with Gasteiger partial charge in [-0.2, -0.15) is 13.2 Å². The van der Waals surface area contributed by atoms with Crippen LogP contribution in [0.2, 0.25) is 5.02 Å². The maximum atomic E-state index is 12.4. The first-order valence-corrected chi connectivity index (χ1v) is 5.67. The highest BCUT2D eigenvalue weighted by Crippen LogP contribution is 2.32. The minimum Gasteiger partial charge on any atom is -0.480 e. The van der Waals surface area contributed by atoms with Gasteiger partial charge in [-0.25, -0.2) is 4.98 Å². The number of rotatable bonds is 2. The summed E-state index contributed by atoms with van der Waals surface area (Å²) in [6.07, 6.45) is -2.85. The molecule has 0 fully saturated rings. The van der Waals surface area contributed by atoms with Crippen LogP contribution in [0.15, 0.2) is 36.5 Å². The maximum Gasteiger partial charge on any atom is 0.416 e. The first-order valence-electron chi connectivity index (χ1n) is 5.29. The van der Waals surface area contributed by atoms with Gasteiger partial charge in [-0.05, 0) is 23.8 Å². The molecule has 0 saturated carbocycles.